The van der Waals surface area contributed by atoms with Gasteiger partial charge in [-0.2, -0.15) is 0 Å². The highest BCUT2D eigenvalue weighted by molar-refractivity contribution is 5.76. The van der Waals surface area contributed by atoms with Gasteiger partial charge < -0.3 is 15.2 Å². The minimum absolute atomic E-state index is 0.0463. The summed E-state index contributed by atoms with van der Waals surface area (Å²) in [7, 11) is 0. The largest absolute Gasteiger partial charge is 0.398 e. The van der Waals surface area contributed by atoms with Crippen LogP contribution in [-0.2, 0) is 11.3 Å². The highest BCUT2D eigenvalue weighted by atomic mass is 16.2. The van der Waals surface area contributed by atoms with Gasteiger partial charge in [-0.3, -0.25) is 9.59 Å². The molecule has 1 aliphatic rings. The third-order valence-electron chi connectivity index (χ3n) is 3.93. The Kier molecular flexibility index (Phi) is 4.82. The molecule has 0 aromatic carbocycles. The first-order chi connectivity index (χ1) is 9.56. The van der Waals surface area contributed by atoms with Crippen LogP contribution >= 0.6 is 0 Å². The number of carbonyl (C=O) groups excluding carboxylic acids is 1. The minimum Gasteiger partial charge on any atom is -0.398 e. The fourth-order valence-corrected chi connectivity index (χ4v) is 2.57. The van der Waals surface area contributed by atoms with E-state index in [-0.39, 0.29) is 11.5 Å². The van der Waals surface area contributed by atoms with Gasteiger partial charge in [-0.1, -0.05) is 6.92 Å². The van der Waals surface area contributed by atoms with E-state index in [1.807, 2.05) is 4.90 Å². The second-order valence-corrected chi connectivity index (χ2v) is 5.66. The summed E-state index contributed by atoms with van der Waals surface area (Å²) in [5.41, 5.74) is 6.22. The van der Waals surface area contributed by atoms with E-state index in [4.69, 9.17) is 5.73 Å². The van der Waals surface area contributed by atoms with Crippen LogP contribution in [0.2, 0.25) is 0 Å². The predicted molar refractivity (Wildman–Crippen MR) is 79.3 cm³/mol. The minimum atomic E-state index is -0.0463. The molecular formula is C15H23N3O2. The van der Waals surface area contributed by atoms with Gasteiger partial charge in [-0.15, -0.1) is 0 Å². The summed E-state index contributed by atoms with van der Waals surface area (Å²) >= 11 is 0. The Bertz CT molecular complexity index is 524. The molecule has 1 saturated heterocycles. The molecule has 1 amide bonds. The molecule has 1 atom stereocenters. The zero-order valence-electron chi connectivity index (χ0n) is 12.0. The normalized spacial score (nSPS) is 19.9. The third kappa shape index (κ3) is 3.85. The number of aromatic nitrogens is 1. The Morgan fingerprint density at radius 1 is 1.25 bits per heavy atom. The Labute approximate surface area is 119 Å². The molecule has 20 heavy (non-hydrogen) atoms. The zero-order valence-corrected chi connectivity index (χ0v) is 12.0. The lowest BCUT2D eigenvalue weighted by atomic mass is 10.0. The average molecular weight is 277 g/mol. The lowest BCUT2D eigenvalue weighted by Crippen LogP contribution is -2.32. The van der Waals surface area contributed by atoms with E-state index in [2.05, 4.69) is 6.92 Å². The van der Waals surface area contributed by atoms with Crippen molar-refractivity contribution in [2.75, 3.05) is 18.8 Å². The fourth-order valence-electron chi connectivity index (χ4n) is 2.57. The molecule has 0 bridgehead atoms. The number of aryl methyl sites for hydroxylation is 1. The maximum atomic E-state index is 12.0. The number of hydrogen-bond acceptors (Lipinski definition) is 3. The van der Waals surface area contributed by atoms with Gasteiger partial charge in [-0.25, -0.2) is 0 Å². The summed E-state index contributed by atoms with van der Waals surface area (Å²) in [4.78, 5) is 25.5. The number of hydrogen-bond donors (Lipinski definition) is 1. The number of rotatable bonds is 4. The average Bonchev–Trinajstić information content (AvgIpc) is 2.58. The maximum absolute atomic E-state index is 12.0. The van der Waals surface area contributed by atoms with Crippen LogP contribution in [0, 0.1) is 5.92 Å². The Morgan fingerprint density at radius 3 is 2.85 bits per heavy atom. The molecule has 1 fully saturated rings. The molecule has 0 spiro atoms. The number of amides is 1. The molecule has 1 aromatic heterocycles. The standard InChI is InChI=1S/C15H23N3O2/c1-12-3-5-14(19)17(10-7-12)8-2-9-18-11-13(16)4-6-15(18)20/h4,6,11-12H,2-3,5,7-10,16H2,1H3. The van der Waals surface area contributed by atoms with E-state index in [0.29, 0.717) is 31.1 Å². The van der Waals surface area contributed by atoms with Crippen molar-refractivity contribution in [1.29, 1.82) is 0 Å². The predicted octanol–water partition coefficient (Wildman–Crippen LogP) is 1.47. The second kappa shape index (κ2) is 6.59. The quantitative estimate of drug-likeness (QED) is 0.906. The molecule has 5 nitrogen and oxygen atoms in total. The zero-order chi connectivity index (χ0) is 14.5. The van der Waals surface area contributed by atoms with Crippen LogP contribution in [0.5, 0.6) is 0 Å². The molecule has 2 heterocycles. The summed E-state index contributed by atoms with van der Waals surface area (Å²) in [5.74, 6) is 0.870. The number of nitrogen functional groups attached to an aromatic ring is 1. The monoisotopic (exact) mass is 277 g/mol. The van der Waals surface area contributed by atoms with Gasteiger partial charge in [0.25, 0.3) is 5.56 Å². The first-order valence-corrected chi connectivity index (χ1v) is 7.30. The lowest BCUT2D eigenvalue weighted by molar-refractivity contribution is -0.130. The molecule has 5 heteroatoms. The van der Waals surface area contributed by atoms with Crippen LogP contribution in [0.1, 0.15) is 32.6 Å². The number of anilines is 1. The number of nitrogens with zero attached hydrogens (tertiary/aromatic N) is 2. The van der Waals surface area contributed by atoms with Crippen molar-refractivity contribution in [3.63, 3.8) is 0 Å². The first kappa shape index (κ1) is 14.6. The Balaban J connectivity index is 1.87. The number of nitrogens with two attached hydrogens (primary N) is 1. The molecule has 2 rings (SSSR count). The topological polar surface area (TPSA) is 68.3 Å². The molecule has 0 saturated carbocycles. The van der Waals surface area contributed by atoms with Crippen molar-refractivity contribution >= 4 is 11.6 Å². The van der Waals surface area contributed by atoms with Crippen molar-refractivity contribution in [1.82, 2.24) is 9.47 Å². The van der Waals surface area contributed by atoms with E-state index in [9.17, 15) is 9.59 Å². The number of carbonyl (C=O) groups is 1. The van der Waals surface area contributed by atoms with E-state index < -0.39 is 0 Å². The van der Waals surface area contributed by atoms with Crippen LogP contribution in [0.3, 0.4) is 0 Å². The third-order valence-corrected chi connectivity index (χ3v) is 3.93. The molecule has 1 aliphatic heterocycles. The summed E-state index contributed by atoms with van der Waals surface area (Å²) in [6.07, 6.45) is 5.16. The van der Waals surface area contributed by atoms with Gasteiger partial charge in [0.15, 0.2) is 0 Å². The second-order valence-electron chi connectivity index (χ2n) is 5.66. The summed E-state index contributed by atoms with van der Waals surface area (Å²) in [5, 5.41) is 0. The van der Waals surface area contributed by atoms with Crippen molar-refractivity contribution in [3.8, 4) is 0 Å². The lowest BCUT2D eigenvalue weighted by Gasteiger charge is -2.20. The summed E-state index contributed by atoms with van der Waals surface area (Å²) < 4.78 is 1.61. The van der Waals surface area contributed by atoms with Crippen LogP contribution < -0.4 is 11.3 Å². The van der Waals surface area contributed by atoms with Crippen molar-refractivity contribution in [2.45, 2.75) is 39.2 Å². The van der Waals surface area contributed by atoms with Gasteiger partial charge in [0.05, 0.1) is 0 Å². The molecule has 110 valence electrons. The van der Waals surface area contributed by atoms with Crippen LogP contribution in [0.25, 0.3) is 0 Å². The van der Waals surface area contributed by atoms with Gasteiger partial charge in [0.2, 0.25) is 5.91 Å². The summed E-state index contributed by atoms with van der Waals surface area (Å²) in [6.45, 7) is 4.35. The van der Waals surface area contributed by atoms with E-state index >= 15 is 0 Å². The first-order valence-electron chi connectivity index (χ1n) is 7.30. The number of likely N-dealkylation sites (tertiary alicyclic amines) is 1. The van der Waals surface area contributed by atoms with E-state index in [1.165, 1.54) is 6.07 Å². The molecule has 1 aromatic rings. The molecule has 2 N–H and O–H groups in total. The van der Waals surface area contributed by atoms with Crippen molar-refractivity contribution in [2.24, 2.45) is 5.92 Å². The maximum Gasteiger partial charge on any atom is 0.250 e. The van der Waals surface area contributed by atoms with Crippen LogP contribution in [0.15, 0.2) is 23.1 Å². The highest BCUT2D eigenvalue weighted by Crippen LogP contribution is 2.17. The van der Waals surface area contributed by atoms with Gasteiger partial charge in [-0.05, 0) is 31.2 Å². The fraction of sp³-hybridized carbons (Fsp3) is 0.600. The SMILES string of the molecule is CC1CCC(=O)N(CCCn2cc(N)ccc2=O)CC1. The molecular weight excluding hydrogens is 254 g/mol. The highest BCUT2D eigenvalue weighted by Gasteiger charge is 2.19. The molecule has 0 radical (unpaired) electrons. The molecule has 0 aliphatic carbocycles. The smallest absolute Gasteiger partial charge is 0.250 e. The van der Waals surface area contributed by atoms with E-state index in [0.717, 1.165) is 25.8 Å². The Hall–Kier alpha value is -1.78. The van der Waals surface area contributed by atoms with Crippen molar-refractivity contribution < 1.29 is 4.79 Å². The van der Waals surface area contributed by atoms with Crippen LogP contribution in [-0.4, -0.2) is 28.5 Å². The number of pyridine rings is 1. The van der Waals surface area contributed by atoms with Gasteiger partial charge in [0, 0.05) is 44.0 Å². The molecule has 1 unspecified atom stereocenters. The van der Waals surface area contributed by atoms with Crippen molar-refractivity contribution in [3.05, 3.63) is 28.7 Å². The van der Waals surface area contributed by atoms with Crippen LogP contribution in [0.4, 0.5) is 5.69 Å². The summed E-state index contributed by atoms with van der Waals surface area (Å²) in [6, 6.07) is 3.09. The van der Waals surface area contributed by atoms with E-state index in [1.54, 1.807) is 16.8 Å². The Morgan fingerprint density at radius 2 is 2.05 bits per heavy atom. The van der Waals surface area contributed by atoms with Gasteiger partial charge in [0.1, 0.15) is 0 Å². The van der Waals surface area contributed by atoms with Gasteiger partial charge >= 0.3 is 0 Å².